The highest BCUT2D eigenvalue weighted by molar-refractivity contribution is 6.08. The van der Waals surface area contributed by atoms with Gasteiger partial charge in [-0.05, 0) is 100 Å². The first-order valence-electron chi connectivity index (χ1n) is 15.4. The van der Waals surface area contributed by atoms with Gasteiger partial charge in [-0.2, -0.15) is 4.91 Å². The minimum Gasteiger partial charge on any atom is -0.347 e. The van der Waals surface area contributed by atoms with Crippen molar-refractivity contribution < 1.29 is 14.4 Å². The van der Waals surface area contributed by atoms with E-state index in [1.54, 1.807) is 23.8 Å². The molecule has 0 fully saturated rings. The first-order valence-corrected chi connectivity index (χ1v) is 15.4. The molecule has 0 saturated heterocycles. The number of nitrogens with one attached hydrogen (secondary N) is 1. The van der Waals surface area contributed by atoms with Crippen LogP contribution in [-0.4, -0.2) is 58.2 Å². The highest BCUT2D eigenvalue weighted by Crippen LogP contribution is 2.31. The molecule has 1 aliphatic heterocycles. The van der Waals surface area contributed by atoms with Crippen LogP contribution in [0.3, 0.4) is 0 Å². The van der Waals surface area contributed by atoms with Gasteiger partial charge in [0.15, 0.2) is 0 Å². The summed E-state index contributed by atoms with van der Waals surface area (Å²) in [6.45, 7) is 14.3. The van der Waals surface area contributed by atoms with Crippen molar-refractivity contribution >= 4 is 28.5 Å². The number of fused-ring (bicyclic) bond motifs is 2. The van der Waals surface area contributed by atoms with Crippen LogP contribution >= 0.6 is 0 Å². The summed E-state index contributed by atoms with van der Waals surface area (Å²) in [5.74, 6) is -0.310. The molecule has 1 heterocycles. The van der Waals surface area contributed by atoms with E-state index in [0.29, 0.717) is 43.5 Å². The van der Waals surface area contributed by atoms with E-state index in [9.17, 15) is 19.3 Å². The minimum atomic E-state index is -0.614. The summed E-state index contributed by atoms with van der Waals surface area (Å²) in [4.78, 5) is 55.6. The minimum absolute atomic E-state index is 0.0299. The lowest BCUT2D eigenvalue weighted by Crippen LogP contribution is -2.44. The topological polar surface area (TPSA) is 99.1 Å². The van der Waals surface area contributed by atoms with Crippen LogP contribution in [-0.2, 0) is 30.6 Å². The second-order valence-electron chi connectivity index (χ2n) is 14.0. The molecule has 0 spiro atoms. The van der Waals surface area contributed by atoms with Gasteiger partial charge < -0.3 is 15.1 Å². The van der Waals surface area contributed by atoms with Crippen LogP contribution in [0.25, 0.3) is 10.8 Å². The molecule has 1 unspecified atom stereocenters. The van der Waals surface area contributed by atoms with Crippen LogP contribution in [0.1, 0.15) is 97.9 Å². The van der Waals surface area contributed by atoms with E-state index in [1.807, 2.05) is 90.1 Å². The SMILES string of the molecule is CC(=O)N1CCc2ccc(CC(CCc3ccc4ccccc4c3C(=O)NC(C)(C)C)N=O)c(C(=O)N(C)C(C)(C)C)c2C1. The second-order valence-corrected chi connectivity index (χ2v) is 14.0. The van der Waals surface area contributed by atoms with Gasteiger partial charge in [0, 0.05) is 43.7 Å². The van der Waals surface area contributed by atoms with E-state index in [1.165, 1.54) is 0 Å². The fraction of sp³-hybridized carbons (Fsp3) is 0.472. The summed E-state index contributed by atoms with van der Waals surface area (Å²) in [7, 11) is 1.79. The van der Waals surface area contributed by atoms with Crippen molar-refractivity contribution in [1.82, 2.24) is 15.1 Å². The first-order chi connectivity index (χ1) is 20.6. The molecule has 8 heteroatoms. The van der Waals surface area contributed by atoms with Crippen molar-refractivity contribution in [3.63, 3.8) is 0 Å². The van der Waals surface area contributed by atoms with Crippen LogP contribution in [0, 0.1) is 4.91 Å². The number of rotatable bonds is 8. The van der Waals surface area contributed by atoms with Crippen LogP contribution in [0.15, 0.2) is 53.7 Å². The van der Waals surface area contributed by atoms with E-state index >= 15 is 0 Å². The third-order valence-electron chi connectivity index (χ3n) is 8.55. The van der Waals surface area contributed by atoms with Gasteiger partial charge in [0.25, 0.3) is 11.8 Å². The Bertz CT molecular complexity index is 1580. The summed E-state index contributed by atoms with van der Waals surface area (Å²) in [6, 6.07) is 15.1. The number of carbonyl (C=O) groups is 3. The van der Waals surface area contributed by atoms with Crippen LogP contribution in [0.4, 0.5) is 0 Å². The molecule has 0 saturated carbocycles. The highest BCUT2D eigenvalue weighted by Gasteiger charge is 2.32. The molecule has 0 bridgehead atoms. The molecule has 1 aliphatic rings. The van der Waals surface area contributed by atoms with Gasteiger partial charge in [0.05, 0.1) is 11.6 Å². The van der Waals surface area contributed by atoms with E-state index in [4.69, 9.17) is 0 Å². The van der Waals surface area contributed by atoms with Crippen LogP contribution in [0.2, 0.25) is 0 Å². The lowest BCUT2D eigenvalue weighted by molar-refractivity contribution is -0.129. The number of hydrogen-bond acceptors (Lipinski definition) is 5. The molecule has 1 N–H and O–H groups in total. The fourth-order valence-electron chi connectivity index (χ4n) is 5.82. The monoisotopic (exact) mass is 598 g/mol. The fourth-order valence-corrected chi connectivity index (χ4v) is 5.82. The van der Waals surface area contributed by atoms with Crippen molar-refractivity contribution in [2.24, 2.45) is 5.18 Å². The van der Waals surface area contributed by atoms with Gasteiger partial charge in [0.1, 0.15) is 0 Å². The Morgan fingerprint density at radius 3 is 2.27 bits per heavy atom. The van der Waals surface area contributed by atoms with Gasteiger partial charge in [0.2, 0.25) is 5.91 Å². The van der Waals surface area contributed by atoms with Gasteiger partial charge in [-0.25, -0.2) is 0 Å². The lowest BCUT2D eigenvalue weighted by Gasteiger charge is -2.35. The molecule has 3 aromatic carbocycles. The summed E-state index contributed by atoms with van der Waals surface area (Å²) < 4.78 is 0. The predicted molar refractivity (Wildman–Crippen MR) is 176 cm³/mol. The number of amides is 3. The molecule has 234 valence electrons. The van der Waals surface area contributed by atoms with Crippen molar-refractivity contribution in [1.29, 1.82) is 0 Å². The molecular weight excluding hydrogens is 552 g/mol. The molecule has 0 aliphatic carbocycles. The van der Waals surface area contributed by atoms with E-state index in [-0.39, 0.29) is 24.1 Å². The maximum Gasteiger partial charge on any atom is 0.254 e. The van der Waals surface area contributed by atoms with Gasteiger partial charge in [-0.1, -0.05) is 53.7 Å². The Morgan fingerprint density at radius 2 is 1.64 bits per heavy atom. The second kappa shape index (κ2) is 12.9. The summed E-state index contributed by atoms with van der Waals surface area (Å²) in [5.41, 5.74) is 3.86. The zero-order valence-corrected chi connectivity index (χ0v) is 27.4. The quantitative estimate of drug-likeness (QED) is 0.301. The maximum absolute atomic E-state index is 14.0. The van der Waals surface area contributed by atoms with Crippen LogP contribution in [0.5, 0.6) is 0 Å². The maximum atomic E-state index is 14.0. The van der Waals surface area contributed by atoms with Gasteiger partial charge in [-0.3, -0.25) is 14.4 Å². The predicted octanol–water partition coefficient (Wildman–Crippen LogP) is 6.45. The third-order valence-corrected chi connectivity index (χ3v) is 8.55. The first kappa shape index (κ1) is 32.8. The summed E-state index contributed by atoms with van der Waals surface area (Å²) in [6.07, 6.45) is 1.85. The van der Waals surface area contributed by atoms with Crippen molar-refractivity contribution in [3.05, 3.63) is 86.8 Å². The molecule has 3 aromatic rings. The average molecular weight is 599 g/mol. The van der Waals surface area contributed by atoms with Crippen molar-refractivity contribution in [3.8, 4) is 0 Å². The van der Waals surface area contributed by atoms with Crippen molar-refractivity contribution in [2.75, 3.05) is 13.6 Å². The molecule has 1 atom stereocenters. The Kier molecular flexibility index (Phi) is 9.62. The summed E-state index contributed by atoms with van der Waals surface area (Å²) >= 11 is 0. The van der Waals surface area contributed by atoms with Crippen LogP contribution < -0.4 is 5.32 Å². The smallest absolute Gasteiger partial charge is 0.254 e. The zero-order chi connectivity index (χ0) is 32.4. The molecule has 8 nitrogen and oxygen atoms in total. The lowest BCUT2D eigenvalue weighted by atomic mass is 9.86. The van der Waals surface area contributed by atoms with E-state index in [2.05, 4.69) is 10.5 Å². The zero-order valence-electron chi connectivity index (χ0n) is 27.4. The van der Waals surface area contributed by atoms with Gasteiger partial charge in [-0.15, -0.1) is 0 Å². The Labute approximate surface area is 261 Å². The third kappa shape index (κ3) is 7.34. The molecule has 0 radical (unpaired) electrons. The largest absolute Gasteiger partial charge is 0.347 e. The molecule has 3 amide bonds. The van der Waals surface area contributed by atoms with E-state index in [0.717, 1.165) is 33.0 Å². The average Bonchev–Trinajstić information content (AvgIpc) is 2.96. The number of hydrogen-bond donors (Lipinski definition) is 1. The number of nitrogens with zero attached hydrogens (tertiary/aromatic N) is 3. The highest BCUT2D eigenvalue weighted by atomic mass is 16.3. The number of benzene rings is 3. The molecular formula is C36H46N4O4. The summed E-state index contributed by atoms with van der Waals surface area (Å²) in [5, 5.41) is 8.44. The Balaban J connectivity index is 1.68. The Morgan fingerprint density at radius 1 is 0.955 bits per heavy atom. The molecule has 44 heavy (non-hydrogen) atoms. The number of aryl methyl sites for hydroxylation is 1. The standard InChI is InChI=1S/C36H46N4O4/c1-23(41)40-20-19-25-14-16-27(32(30(25)22-40)34(43)39(8)36(5,6)7)21-28(38-44)18-17-26-15-13-24-11-9-10-12-29(24)31(26)33(42)37-35(2,3)4/h9-16,28H,17-22H2,1-8H3,(H,37,42). The number of carbonyl (C=O) groups excluding carboxylic acids is 3. The molecule has 4 rings (SSSR count). The molecule has 0 aromatic heterocycles. The Hall–Kier alpha value is -4.07. The number of nitroso groups, excluding NO2 is 1. The normalized spacial score (nSPS) is 14.1. The van der Waals surface area contributed by atoms with E-state index < -0.39 is 17.1 Å². The van der Waals surface area contributed by atoms with Gasteiger partial charge >= 0.3 is 0 Å². The van der Waals surface area contributed by atoms with Crippen molar-refractivity contribution in [2.45, 2.75) is 97.8 Å².